The van der Waals surface area contributed by atoms with E-state index < -0.39 is 6.97 Å². The molecule has 3 aromatic heterocycles. The Kier molecular flexibility index (Phi) is 2.48. The van der Waals surface area contributed by atoms with Gasteiger partial charge in [0.05, 0.1) is 17.0 Å². The Labute approximate surface area is 162 Å². The lowest BCUT2D eigenvalue weighted by Crippen LogP contribution is -2.56. The molecule has 2 aliphatic heterocycles. The zero-order valence-corrected chi connectivity index (χ0v) is 15.3. The Morgan fingerprint density at radius 1 is 0.897 bits per heavy atom. The first-order chi connectivity index (χ1) is 14.1. The molecule has 0 N–H and O–H groups in total. The maximum Gasteiger partial charge on any atom is 0.738 e. The van der Waals surface area contributed by atoms with Gasteiger partial charge < -0.3 is 26.4 Å². The summed E-state index contributed by atoms with van der Waals surface area (Å²) in [6, 6.07) is 16.3. The van der Waals surface area contributed by atoms with Crippen molar-refractivity contribution in [2.45, 2.75) is 6.92 Å². The average molecular weight is 386 g/mol. The highest BCUT2D eigenvalue weighted by molar-refractivity contribution is 6.65. The first-order valence-electron chi connectivity index (χ1n) is 9.47. The van der Waals surface area contributed by atoms with Crippen molar-refractivity contribution in [3.63, 3.8) is 0 Å². The summed E-state index contributed by atoms with van der Waals surface area (Å²) in [6.45, 7) is -2.29. The lowest BCUT2D eigenvalue weighted by atomic mass is 9.88. The summed E-state index contributed by atoms with van der Waals surface area (Å²) in [6.07, 6.45) is 1.72. The fourth-order valence-corrected chi connectivity index (χ4v) is 4.89. The summed E-state index contributed by atoms with van der Waals surface area (Å²) < 4.78 is 46.5. The highest BCUT2D eigenvalue weighted by Gasteiger charge is 2.54. The van der Waals surface area contributed by atoms with Crippen LogP contribution >= 0.6 is 0 Å². The summed E-state index contributed by atoms with van der Waals surface area (Å²) in [5.74, 6) is 0. The first kappa shape index (κ1) is 15.3. The molecule has 0 fully saturated rings. The molecule has 0 spiro atoms. The van der Waals surface area contributed by atoms with Crippen LogP contribution in [0.5, 0.6) is 0 Å². The Morgan fingerprint density at radius 3 is 2.38 bits per heavy atom. The molecule has 0 atom stereocenters. The first-order valence-corrected chi connectivity index (χ1v) is 9.47. The van der Waals surface area contributed by atoms with Crippen LogP contribution in [-0.4, -0.2) is 11.4 Å². The second-order valence-corrected chi connectivity index (χ2v) is 7.63. The number of para-hydroxylation sites is 2. The smallest absolute Gasteiger partial charge is 0.455 e. The fourth-order valence-electron chi connectivity index (χ4n) is 4.89. The molecular formula is C22H13BF2N2O2. The molecule has 5 heterocycles. The van der Waals surface area contributed by atoms with Gasteiger partial charge in [-0.3, -0.25) is 0 Å². The van der Waals surface area contributed by atoms with Crippen LogP contribution in [0.2, 0.25) is 0 Å². The lowest BCUT2D eigenvalue weighted by Gasteiger charge is -2.30. The number of furan rings is 2. The van der Waals surface area contributed by atoms with Gasteiger partial charge in [-0.1, -0.05) is 24.3 Å². The molecule has 0 saturated carbocycles. The fraction of sp³-hybridized carbons (Fsp3) is 0.0455. The van der Waals surface area contributed by atoms with E-state index in [0.717, 1.165) is 14.5 Å². The van der Waals surface area contributed by atoms with Crippen molar-refractivity contribution in [2.24, 2.45) is 0 Å². The number of aromatic nitrogens is 1. The summed E-state index contributed by atoms with van der Waals surface area (Å²) in [7, 11) is 0. The second-order valence-electron chi connectivity index (χ2n) is 7.63. The largest absolute Gasteiger partial charge is 0.738 e. The van der Waals surface area contributed by atoms with Gasteiger partial charge in [0, 0.05) is 22.7 Å². The van der Waals surface area contributed by atoms with E-state index in [0.29, 0.717) is 55.2 Å². The van der Waals surface area contributed by atoms with E-state index in [4.69, 9.17) is 8.83 Å². The van der Waals surface area contributed by atoms with Crippen LogP contribution in [0.1, 0.15) is 12.6 Å². The van der Waals surface area contributed by atoms with Crippen molar-refractivity contribution in [2.75, 3.05) is 0 Å². The second kappa shape index (κ2) is 4.68. The van der Waals surface area contributed by atoms with E-state index >= 15 is 8.63 Å². The highest BCUT2D eigenvalue weighted by atomic mass is 19.2. The highest BCUT2D eigenvalue weighted by Crippen LogP contribution is 2.40. The molecule has 2 aromatic carbocycles. The van der Waals surface area contributed by atoms with Gasteiger partial charge in [0.2, 0.25) is 10.8 Å². The molecular weight excluding hydrogens is 373 g/mol. The monoisotopic (exact) mass is 386 g/mol. The van der Waals surface area contributed by atoms with Crippen LogP contribution in [0.4, 0.5) is 8.63 Å². The number of nitrogens with zero attached hydrogens (tertiary/aromatic N) is 2. The van der Waals surface area contributed by atoms with Gasteiger partial charge in [-0.15, -0.1) is 0 Å². The topological polar surface area (TPSA) is 34.2 Å². The van der Waals surface area contributed by atoms with Crippen LogP contribution in [0.15, 0.2) is 69.1 Å². The van der Waals surface area contributed by atoms with Gasteiger partial charge in [-0.25, -0.2) is 0 Å². The summed E-state index contributed by atoms with van der Waals surface area (Å²) in [5.41, 5.74) is 4.31. The number of hydrogen-bond donors (Lipinski definition) is 0. The van der Waals surface area contributed by atoms with Crippen LogP contribution in [0.3, 0.4) is 0 Å². The van der Waals surface area contributed by atoms with Gasteiger partial charge >= 0.3 is 6.97 Å². The number of benzene rings is 2. The molecule has 0 aliphatic carbocycles. The molecule has 0 amide bonds. The van der Waals surface area contributed by atoms with E-state index in [1.807, 2.05) is 43.3 Å². The maximum absolute atomic E-state index is 16.2. The normalized spacial score (nSPS) is 17.1. The van der Waals surface area contributed by atoms with Crippen molar-refractivity contribution in [1.82, 2.24) is 8.96 Å². The minimum Gasteiger partial charge on any atom is -0.455 e. The Bertz CT molecular complexity index is 1700. The zero-order chi connectivity index (χ0) is 19.5. The van der Waals surface area contributed by atoms with Crippen molar-refractivity contribution in [1.29, 1.82) is 0 Å². The van der Waals surface area contributed by atoms with Crippen LogP contribution in [0.25, 0.3) is 44.7 Å². The summed E-state index contributed by atoms with van der Waals surface area (Å²) >= 11 is 0. The van der Waals surface area contributed by atoms with Crippen LogP contribution < -0.4 is 15.3 Å². The molecule has 0 radical (unpaired) electrons. The molecule has 140 valence electrons. The number of allylic oxidation sites excluding steroid dienone is 2. The number of hydrogen-bond acceptors (Lipinski definition) is 2. The van der Waals surface area contributed by atoms with Gasteiger partial charge in [0.15, 0.2) is 11.3 Å². The van der Waals surface area contributed by atoms with Gasteiger partial charge in [-0.05, 0) is 31.2 Å². The maximum atomic E-state index is 16.2. The zero-order valence-electron chi connectivity index (χ0n) is 15.3. The van der Waals surface area contributed by atoms with E-state index in [9.17, 15) is 0 Å². The Balaban J connectivity index is 1.71. The molecule has 5 aromatic rings. The van der Waals surface area contributed by atoms with Crippen LogP contribution in [-0.2, 0) is 0 Å². The van der Waals surface area contributed by atoms with Gasteiger partial charge in [-0.2, -0.15) is 0 Å². The van der Waals surface area contributed by atoms with E-state index in [-0.39, 0.29) is 0 Å². The van der Waals surface area contributed by atoms with Crippen molar-refractivity contribution >= 4 is 51.7 Å². The number of halogens is 2. The third-order valence-electron chi connectivity index (χ3n) is 6.12. The van der Waals surface area contributed by atoms with E-state index in [2.05, 4.69) is 0 Å². The summed E-state index contributed by atoms with van der Waals surface area (Å²) in [4.78, 5) is 0. The van der Waals surface area contributed by atoms with Gasteiger partial charge in [0.25, 0.3) is 0 Å². The Morgan fingerprint density at radius 2 is 1.59 bits per heavy atom. The quantitative estimate of drug-likeness (QED) is 0.376. The van der Waals surface area contributed by atoms with Gasteiger partial charge in [0.1, 0.15) is 11.2 Å². The van der Waals surface area contributed by atoms with Crippen molar-refractivity contribution in [3.8, 4) is 0 Å². The third kappa shape index (κ3) is 1.64. The molecule has 4 nitrogen and oxygen atoms in total. The third-order valence-corrected chi connectivity index (χ3v) is 6.12. The molecule has 2 aliphatic rings. The number of rotatable bonds is 0. The average Bonchev–Trinajstić information content (AvgIpc) is 3.42. The summed E-state index contributed by atoms with van der Waals surface area (Å²) in [5, 5.41) is 1.80. The lowest BCUT2D eigenvalue weighted by molar-refractivity contribution is 0.515. The standard InChI is InChI=1S/C22H13BF2N2O2/c1-12-15-10-19-21(13-6-2-4-8-17(13)28-19)26(15)23(24,25)27-16(12)11-20-22(27)14-7-3-5-9-18(14)29-20/h2-11H,1H3. The van der Waals surface area contributed by atoms with E-state index in [1.54, 1.807) is 24.3 Å². The van der Waals surface area contributed by atoms with Crippen molar-refractivity contribution in [3.05, 3.63) is 76.8 Å². The van der Waals surface area contributed by atoms with Crippen molar-refractivity contribution < 1.29 is 17.5 Å². The van der Waals surface area contributed by atoms with E-state index in [1.165, 1.54) is 0 Å². The minimum atomic E-state index is -4.15. The van der Waals surface area contributed by atoms with Crippen LogP contribution in [0, 0.1) is 0 Å². The SMILES string of the molecule is CC1=C2C=c3oc4ccccc4c3=[N+]2[B-](F)(F)n2c1cc1oc3ccccc3c12. The minimum absolute atomic E-state index is 0.431. The predicted molar refractivity (Wildman–Crippen MR) is 109 cm³/mol. The number of fused-ring (bicyclic) bond motifs is 9. The molecule has 0 bridgehead atoms. The Hall–Kier alpha value is -3.61. The molecule has 0 saturated heterocycles. The molecule has 7 heteroatoms. The molecule has 0 unspecified atom stereocenters. The molecule has 7 rings (SSSR count). The predicted octanol–water partition coefficient (Wildman–Crippen LogP) is 4.09. The molecule has 29 heavy (non-hydrogen) atoms.